The van der Waals surface area contributed by atoms with Gasteiger partial charge in [-0.25, -0.2) is 0 Å². The quantitative estimate of drug-likeness (QED) is 0.226. The number of phenols is 1. The minimum Gasteiger partial charge on any atom is -0.508 e. The molecule has 0 unspecified atom stereocenters. The van der Waals surface area contributed by atoms with Gasteiger partial charge in [0.25, 0.3) is 0 Å². The fraction of sp³-hybridized carbons (Fsp3) is 0.714. The summed E-state index contributed by atoms with van der Waals surface area (Å²) in [6, 6.07) is 7.73. The Balaban J connectivity index is 0.00000141. The number of hydrogen-bond donors (Lipinski definition) is 4. The van der Waals surface area contributed by atoms with Crippen LogP contribution in [0.3, 0.4) is 0 Å². The molecule has 0 spiro atoms. The fourth-order valence-electron chi connectivity index (χ4n) is 3.06. The Morgan fingerprint density at radius 3 is 1.46 bits per heavy atom. The van der Waals surface area contributed by atoms with Gasteiger partial charge in [0.05, 0.1) is 0 Å². The fourth-order valence-corrected chi connectivity index (χ4v) is 3.06. The molecule has 26 heavy (non-hydrogen) atoms. The number of para-hydroxylation sites is 1. The molecule has 0 fully saturated rings. The zero-order valence-electron chi connectivity index (χ0n) is 16.4. The lowest BCUT2D eigenvalue weighted by molar-refractivity contribution is 0.368. The minimum atomic E-state index is -2.62. The number of phenolic OH excluding ortho intramolecular Hbond substituents is 1. The van der Waals surface area contributed by atoms with E-state index in [0.717, 1.165) is 12.0 Å². The Morgan fingerprint density at radius 1 is 0.654 bits per heavy atom. The van der Waals surface area contributed by atoms with E-state index in [0.29, 0.717) is 5.75 Å². The van der Waals surface area contributed by atoms with Gasteiger partial charge >= 0.3 is 8.60 Å². The molecule has 0 aliphatic carbocycles. The molecule has 1 rings (SSSR count). The lowest BCUT2D eigenvalue weighted by atomic mass is 10.0. The molecular formula is C21H39O4P. The van der Waals surface area contributed by atoms with Gasteiger partial charge in [0.1, 0.15) is 5.75 Å². The highest BCUT2D eigenvalue weighted by molar-refractivity contribution is 7.38. The van der Waals surface area contributed by atoms with E-state index in [9.17, 15) is 5.11 Å². The van der Waals surface area contributed by atoms with Crippen molar-refractivity contribution in [1.29, 1.82) is 0 Å². The summed E-state index contributed by atoms with van der Waals surface area (Å²) in [6.07, 6.45) is 19.1. The third-order valence-electron chi connectivity index (χ3n) is 4.54. The topological polar surface area (TPSA) is 80.9 Å². The van der Waals surface area contributed by atoms with E-state index in [1.807, 2.05) is 18.2 Å². The van der Waals surface area contributed by atoms with Crippen LogP contribution in [-0.4, -0.2) is 19.8 Å². The maximum Gasteiger partial charge on any atom is 0.324 e. The van der Waals surface area contributed by atoms with Gasteiger partial charge < -0.3 is 19.8 Å². The molecule has 0 amide bonds. The standard InChI is InChI=1S/C21H36O.H3O3P/c1-2-3-4-5-6-7-8-9-10-11-12-13-14-17-20-18-15-16-19-21(20)22;1-4(2)3/h15-16,18-19,22H,2-14,17H2,1H3;1-3H. The van der Waals surface area contributed by atoms with Gasteiger partial charge in [0.2, 0.25) is 0 Å². The van der Waals surface area contributed by atoms with Crippen molar-refractivity contribution in [1.82, 2.24) is 0 Å². The van der Waals surface area contributed by atoms with Crippen molar-refractivity contribution in [3.8, 4) is 5.75 Å². The number of aromatic hydroxyl groups is 1. The second-order valence-electron chi connectivity index (χ2n) is 6.89. The van der Waals surface area contributed by atoms with Gasteiger partial charge in [-0.1, -0.05) is 102 Å². The predicted octanol–water partition coefficient (Wildman–Crippen LogP) is 6.22. The van der Waals surface area contributed by atoms with Crippen LogP contribution in [0.2, 0.25) is 0 Å². The Morgan fingerprint density at radius 2 is 1.04 bits per heavy atom. The second-order valence-corrected chi connectivity index (χ2v) is 7.43. The van der Waals surface area contributed by atoms with Crippen LogP contribution in [0.1, 0.15) is 96.0 Å². The van der Waals surface area contributed by atoms with Crippen LogP contribution in [0.5, 0.6) is 5.75 Å². The van der Waals surface area contributed by atoms with Crippen LogP contribution >= 0.6 is 8.60 Å². The van der Waals surface area contributed by atoms with E-state index < -0.39 is 8.60 Å². The Bertz CT molecular complexity index is 410. The van der Waals surface area contributed by atoms with Gasteiger partial charge in [-0.15, -0.1) is 0 Å². The second kappa shape index (κ2) is 19.1. The van der Waals surface area contributed by atoms with Gasteiger partial charge in [-0.3, -0.25) is 0 Å². The lowest BCUT2D eigenvalue weighted by Crippen LogP contribution is -1.87. The molecule has 0 aliphatic heterocycles. The van der Waals surface area contributed by atoms with Crippen molar-refractivity contribution in [2.75, 3.05) is 0 Å². The summed E-state index contributed by atoms with van der Waals surface area (Å²) >= 11 is 0. The minimum absolute atomic E-state index is 0.460. The van der Waals surface area contributed by atoms with Gasteiger partial charge in [-0.2, -0.15) is 0 Å². The number of benzene rings is 1. The van der Waals surface area contributed by atoms with Gasteiger partial charge in [-0.05, 0) is 24.5 Å². The Kier molecular flexibility index (Phi) is 18.6. The SMILES string of the molecule is CCCCCCCCCCCCCCCc1ccccc1O.OP(O)O. The van der Waals surface area contributed by atoms with E-state index in [1.54, 1.807) is 6.07 Å². The molecule has 152 valence electrons. The van der Waals surface area contributed by atoms with Crippen molar-refractivity contribution >= 4 is 8.60 Å². The van der Waals surface area contributed by atoms with Crippen molar-refractivity contribution in [3.05, 3.63) is 29.8 Å². The molecule has 4 N–H and O–H groups in total. The van der Waals surface area contributed by atoms with Crippen molar-refractivity contribution in [2.24, 2.45) is 0 Å². The number of unbranched alkanes of at least 4 members (excludes halogenated alkanes) is 12. The van der Waals surface area contributed by atoms with E-state index in [2.05, 4.69) is 6.92 Å². The maximum absolute atomic E-state index is 9.70. The van der Waals surface area contributed by atoms with Crippen LogP contribution < -0.4 is 0 Å². The molecule has 1 aromatic rings. The first-order valence-electron chi connectivity index (χ1n) is 10.2. The summed E-state index contributed by atoms with van der Waals surface area (Å²) < 4.78 is 0. The molecule has 0 aromatic heterocycles. The Labute approximate surface area is 161 Å². The van der Waals surface area contributed by atoms with Crippen molar-refractivity contribution in [2.45, 2.75) is 96.8 Å². The molecule has 0 saturated heterocycles. The van der Waals surface area contributed by atoms with E-state index in [-0.39, 0.29) is 0 Å². The molecule has 0 heterocycles. The molecule has 0 radical (unpaired) electrons. The van der Waals surface area contributed by atoms with Gasteiger partial charge in [0, 0.05) is 0 Å². The zero-order valence-corrected chi connectivity index (χ0v) is 17.3. The molecule has 0 atom stereocenters. The molecule has 0 bridgehead atoms. The van der Waals surface area contributed by atoms with Gasteiger partial charge in [0.15, 0.2) is 0 Å². The molecule has 5 heteroatoms. The summed E-state index contributed by atoms with van der Waals surface area (Å²) in [7, 11) is -2.62. The highest BCUT2D eigenvalue weighted by Crippen LogP contribution is 2.19. The van der Waals surface area contributed by atoms with Crippen LogP contribution in [0, 0.1) is 0 Å². The monoisotopic (exact) mass is 386 g/mol. The average molecular weight is 387 g/mol. The highest BCUT2D eigenvalue weighted by atomic mass is 31.2. The third kappa shape index (κ3) is 18.1. The first-order valence-corrected chi connectivity index (χ1v) is 11.4. The zero-order chi connectivity index (χ0) is 19.5. The normalized spacial score (nSPS) is 10.7. The molecule has 0 saturated carbocycles. The molecular weight excluding hydrogens is 347 g/mol. The van der Waals surface area contributed by atoms with Crippen LogP contribution in [0.25, 0.3) is 0 Å². The van der Waals surface area contributed by atoms with E-state index in [4.69, 9.17) is 14.7 Å². The Hall–Kier alpha value is -0.670. The van der Waals surface area contributed by atoms with E-state index >= 15 is 0 Å². The van der Waals surface area contributed by atoms with E-state index in [1.165, 1.54) is 83.5 Å². The van der Waals surface area contributed by atoms with Crippen LogP contribution in [0.4, 0.5) is 0 Å². The predicted molar refractivity (Wildman–Crippen MR) is 111 cm³/mol. The summed E-state index contributed by atoms with van der Waals surface area (Å²) in [5, 5.41) is 9.70. The summed E-state index contributed by atoms with van der Waals surface area (Å²) in [4.78, 5) is 21.7. The smallest absolute Gasteiger partial charge is 0.324 e. The lowest BCUT2D eigenvalue weighted by Gasteiger charge is -2.05. The molecule has 0 aliphatic rings. The number of rotatable bonds is 14. The van der Waals surface area contributed by atoms with Crippen LogP contribution in [0.15, 0.2) is 24.3 Å². The maximum atomic E-state index is 9.70. The highest BCUT2D eigenvalue weighted by Gasteiger charge is 1.99. The summed E-state index contributed by atoms with van der Waals surface area (Å²) in [5.41, 5.74) is 1.10. The first-order chi connectivity index (χ1) is 12.6. The number of aryl methyl sites for hydroxylation is 1. The largest absolute Gasteiger partial charge is 0.508 e. The van der Waals surface area contributed by atoms with Crippen molar-refractivity contribution < 1.29 is 19.8 Å². The van der Waals surface area contributed by atoms with Crippen LogP contribution in [-0.2, 0) is 6.42 Å². The summed E-state index contributed by atoms with van der Waals surface area (Å²) in [5.74, 6) is 0.460. The molecule has 1 aromatic carbocycles. The molecule has 4 nitrogen and oxygen atoms in total. The average Bonchev–Trinajstić information content (AvgIpc) is 2.60. The summed E-state index contributed by atoms with van der Waals surface area (Å²) in [6.45, 7) is 2.28. The first kappa shape index (κ1) is 25.3. The number of hydrogen-bond acceptors (Lipinski definition) is 4. The van der Waals surface area contributed by atoms with Crippen molar-refractivity contribution in [3.63, 3.8) is 0 Å². The third-order valence-corrected chi connectivity index (χ3v) is 4.54.